The quantitative estimate of drug-likeness (QED) is 0.461. The van der Waals surface area contributed by atoms with Gasteiger partial charge < -0.3 is 19.8 Å². The predicted molar refractivity (Wildman–Crippen MR) is 127 cm³/mol. The Hall–Kier alpha value is -3.68. The average Bonchev–Trinajstić information content (AvgIpc) is 3.35. The number of amides is 1. The monoisotopic (exact) mass is 460 g/mol. The fourth-order valence-electron chi connectivity index (χ4n) is 5.04. The van der Waals surface area contributed by atoms with Gasteiger partial charge in [0.1, 0.15) is 0 Å². The van der Waals surface area contributed by atoms with Gasteiger partial charge in [-0.2, -0.15) is 0 Å². The zero-order chi connectivity index (χ0) is 23.5. The predicted octanol–water partition coefficient (Wildman–Crippen LogP) is 5.29. The molecule has 2 aliphatic rings. The number of ether oxygens (including phenoxy) is 1. The molecule has 3 aromatic rings. The third kappa shape index (κ3) is 4.66. The zero-order valence-electron chi connectivity index (χ0n) is 19.1. The summed E-state index contributed by atoms with van der Waals surface area (Å²) in [5.74, 6) is -0.0221. The van der Waals surface area contributed by atoms with E-state index >= 15 is 0 Å². The highest BCUT2D eigenvalue weighted by atomic mass is 16.5. The first-order chi connectivity index (χ1) is 16.6. The molecule has 8 heteroatoms. The highest BCUT2D eigenvalue weighted by molar-refractivity contribution is 6.00. The van der Waals surface area contributed by atoms with E-state index < -0.39 is 5.91 Å². The van der Waals surface area contributed by atoms with Crippen LogP contribution in [-0.2, 0) is 9.53 Å². The smallest absolute Gasteiger partial charge is 0.320 e. The van der Waals surface area contributed by atoms with Crippen molar-refractivity contribution in [2.45, 2.75) is 44.9 Å². The molecule has 1 atom stereocenters. The van der Waals surface area contributed by atoms with E-state index in [9.17, 15) is 9.59 Å². The second kappa shape index (κ2) is 9.29. The fourth-order valence-corrected chi connectivity index (χ4v) is 5.04. The second-order valence-electron chi connectivity index (χ2n) is 9.12. The molecule has 1 amide bonds. The molecule has 0 aliphatic heterocycles. The number of anilines is 3. The van der Waals surface area contributed by atoms with Gasteiger partial charge >= 0.3 is 23.8 Å². The van der Waals surface area contributed by atoms with Crippen molar-refractivity contribution >= 4 is 29.3 Å². The lowest BCUT2D eigenvalue weighted by Gasteiger charge is -2.29. The van der Waals surface area contributed by atoms with Gasteiger partial charge in [0.15, 0.2) is 0 Å². The van der Waals surface area contributed by atoms with Gasteiger partial charge in [-0.15, -0.1) is 5.10 Å². The van der Waals surface area contributed by atoms with E-state index in [-0.39, 0.29) is 29.2 Å². The van der Waals surface area contributed by atoms with Crippen LogP contribution in [-0.4, -0.2) is 28.7 Å². The van der Waals surface area contributed by atoms with Crippen LogP contribution < -0.4 is 10.6 Å². The third-order valence-corrected chi connectivity index (χ3v) is 7.03. The number of rotatable bonds is 7. The van der Waals surface area contributed by atoms with Gasteiger partial charge in [0, 0.05) is 11.4 Å². The number of carbonyl (C=O) groups is 2. The molecule has 34 heavy (non-hydrogen) atoms. The maximum atomic E-state index is 12.5. The molecule has 0 saturated heterocycles. The summed E-state index contributed by atoms with van der Waals surface area (Å²) >= 11 is 0. The van der Waals surface area contributed by atoms with Gasteiger partial charge in [-0.1, -0.05) is 35.4 Å². The molecule has 1 unspecified atom stereocenters. The molecule has 2 aromatic carbocycles. The van der Waals surface area contributed by atoms with E-state index in [4.69, 9.17) is 9.15 Å². The molecule has 1 spiro atoms. The highest BCUT2D eigenvalue weighted by Gasteiger charge is 2.59. The van der Waals surface area contributed by atoms with E-state index in [0.29, 0.717) is 18.2 Å². The SMILES string of the molecule is CCOC(=O)C1CC12CCC(c1ccc(NC(=O)c3nnc(Nc4ccccc4)o3)cc1)CC2. The summed E-state index contributed by atoms with van der Waals surface area (Å²) in [7, 11) is 0. The number of benzene rings is 2. The van der Waals surface area contributed by atoms with Crippen molar-refractivity contribution in [3.8, 4) is 0 Å². The molecule has 176 valence electrons. The van der Waals surface area contributed by atoms with E-state index in [1.165, 1.54) is 5.56 Å². The first-order valence-electron chi connectivity index (χ1n) is 11.8. The maximum absolute atomic E-state index is 12.5. The summed E-state index contributed by atoms with van der Waals surface area (Å²) in [6, 6.07) is 17.5. The summed E-state index contributed by atoms with van der Waals surface area (Å²) in [5, 5.41) is 13.5. The van der Waals surface area contributed by atoms with Crippen molar-refractivity contribution in [3.63, 3.8) is 0 Å². The van der Waals surface area contributed by atoms with Crippen LogP contribution in [0.4, 0.5) is 17.4 Å². The highest BCUT2D eigenvalue weighted by Crippen LogP contribution is 2.63. The minimum atomic E-state index is -0.459. The van der Waals surface area contributed by atoms with Crippen LogP contribution in [0.25, 0.3) is 0 Å². The van der Waals surface area contributed by atoms with Gasteiger partial charge in [0.2, 0.25) is 0 Å². The van der Waals surface area contributed by atoms with Gasteiger partial charge in [-0.25, -0.2) is 0 Å². The number of esters is 1. The van der Waals surface area contributed by atoms with Crippen molar-refractivity contribution < 1.29 is 18.7 Å². The number of aromatic nitrogens is 2. The minimum Gasteiger partial charge on any atom is -0.466 e. The lowest BCUT2D eigenvalue weighted by Crippen LogP contribution is -2.20. The molecule has 2 aliphatic carbocycles. The maximum Gasteiger partial charge on any atom is 0.320 e. The Kier molecular flexibility index (Phi) is 6.04. The van der Waals surface area contributed by atoms with E-state index in [2.05, 4.69) is 33.0 Å². The summed E-state index contributed by atoms with van der Waals surface area (Å²) in [6.07, 6.45) is 5.25. The lowest BCUT2D eigenvalue weighted by atomic mass is 9.76. The Balaban J connectivity index is 1.13. The van der Waals surface area contributed by atoms with Gasteiger partial charge in [-0.3, -0.25) is 9.59 Å². The second-order valence-corrected chi connectivity index (χ2v) is 9.12. The molecule has 0 radical (unpaired) electrons. The number of nitrogens with one attached hydrogen (secondary N) is 2. The molecule has 2 saturated carbocycles. The van der Waals surface area contributed by atoms with Crippen LogP contribution >= 0.6 is 0 Å². The zero-order valence-corrected chi connectivity index (χ0v) is 19.1. The first-order valence-corrected chi connectivity index (χ1v) is 11.8. The molecule has 2 fully saturated rings. The molecule has 2 N–H and O–H groups in total. The van der Waals surface area contributed by atoms with Crippen LogP contribution in [0.15, 0.2) is 59.0 Å². The summed E-state index contributed by atoms with van der Waals surface area (Å²) in [4.78, 5) is 24.6. The minimum absolute atomic E-state index is 0.0229. The topological polar surface area (TPSA) is 106 Å². The Labute approximate surface area is 198 Å². The molecule has 5 rings (SSSR count). The van der Waals surface area contributed by atoms with Crippen LogP contribution in [0, 0.1) is 11.3 Å². The van der Waals surface area contributed by atoms with Crippen molar-refractivity contribution in [2.75, 3.05) is 17.2 Å². The third-order valence-electron chi connectivity index (χ3n) is 7.03. The molecular weight excluding hydrogens is 432 g/mol. The van der Waals surface area contributed by atoms with Crippen molar-refractivity contribution in [1.82, 2.24) is 10.2 Å². The van der Waals surface area contributed by atoms with Crippen LogP contribution in [0.5, 0.6) is 0 Å². The standard InChI is InChI=1S/C26H28N4O4/c1-2-33-24(32)21-16-26(21)14-12-18(13-15-26)17-8-10-20(11-9-17)27-22(31)23-29-30-25(34-23)28-19-6-4-3-5-7-19/h3-11,18,21H,2,12-16H2,1H3,(H,27,31)(H,28,30). The van der Waals surface area contributed by atoms with E-state index in [1.807, 2.05) is 49.4 Å². The Bertz CT molecular complexity index is 1150. The van der Waals surface area contributed by atoms with Crippen LogP contribution in [0.3, 0.4) is 0 Å². The molecule has 8 nitrogen and oxygen atoms in total. The Morgan fingerprint density at radius 1 is 1.03 bits per heavy atom. The van der Waals surface area contributed by atoms with Gasteiger partial charge in [0.05, 0.1) is 12.5 Å². The fraction of sp³-hybridized carbons (Fsp3) is 0.385. The molecular formula is C26H28N4O4. The number of carbonyl (C=O) groups excluding carboxylic acids is 2. The Morgan fingerprint density at radius 3 is 2.47 bits per heavy atom. The van der Waals surface area contributed by atoms with Crippen LogP contribution in [0.2, 0.25) is 0 Å². The number of hydrogen-bond donors (Lipinski definition) is 2. The van der Waals surface area contributed by atoms with E-state index in [1.54, 1.807) is 0 Å². The lowest BCUT2D eigenvalue weighted by molar-refractivity contribution is -0.145. The Morgan fingerprint density at radius 2 is 1.76 bits per heavy atom. The average molecular weight is 461 g/mol. The normalized spacial score (nSPS) is 23.3. The van der Waals surface area contributed by atoms with Crippen molar-refractivity contribution in [1.29, 1.82) is 0 Å². The van der Waals surface area contributed by atoms with Gasteiger partial charge in [-0.05, 0) is 80.2 Å². The van der Waals surface area contributed by atoms with Crippen molar-refractivity contribution in [2.24, 2.45) is 11.3 Å². The number of hydrogen-bond acceptors (Lipinski definition) is 7. The summed E-state index contributed by atoms with van der Waals surface area (Å²) in [5.41, 5.74) is 2.89. The number of nitrogens with zero attached hydrogens (tertiary/aromatic N) is 2. The molecule has 0 bridgehead atoms. The van der Waals surface area contributed by atoms with E-state index in [0.717, 1.165) is 37.8 Å². The summed E-state index contributed by atoms with van der Waals surface area (Å²) in [6.45, 7) is 2.31. The van der Waals surface area contributed by atoms with Gasteiger partial charge in [0.25, 0.3) is 0 Å². The van der Waals surface area contributed by atoms with Crippen molar-refractivity contribution in [3.05, 3.63) is 66.1 Å². The molecule has 1 heterocycles. The first kappa shape index (κ1) is 22.1. The number of para-hydroxylation sites is 1. The molecule has 1 aromatic heterocycles. The summed E-state index contributed by atoms with van der Waals surface area (Å²) < 4.78 is 10.6. The largest absolute Gasteiger partial charge is 0.466 e. The van der Waals surface area contributed by atoms with Crippen LogP contribution in [0.1, 0.15) is 61.2 Å².